The summed E-state index contributed by atoms with van der Waals surface area (Å²) in [5.74, 6) is 0.343. The van der Waals surface area contributed by atoms with Crippen LogP contribution >= 0.6 is 15.9 Å². The number of benzene rings is 1. The van der Waals surface area contributed by atoms with Gasteiger partial charge in [-0.2, -0.15) is 5.26 Å². The summed E-state index contributed by atoms with van der Waals surface area (Å²) in [7, 11) is 0. The Hall–Kier alpha value is -2.85. The Morgan fingerprint density at radius 3 is 2.73 bits per heavy atom. The second kappa shape index (κ2) is 6.46. The van der Waals surface area contributed by atoms with E-state index in [9.17, 15) is 14.9 Å². The maximum atomic E-state index is 12.7. The summed E-state index contributed by atoms with van der Waals surface area (Å²) in [4.78, 5) is 24.1. The van der Waals surface area contributed by atoms with Crippen LogP contribution in [0.4, 0.5) is 5.69 Å². The lowest BCUT2D eigenvalue weighted by molar-refractivity contribution is -0.114. The minimum atomic E-state index is -0.646. The van der Waals surface area contributed by atoms with E-state index in [1.54, 1.807) is 30.5 Å². The Labute approximate surface area is 158 Å². The van der Waals surface area contributed by atoms with Gasteiger partial charge in [0.05, 0.1) is 27.5 Å². The predicted molar refractivity (Wildman–Crippen MR) is 102 cm³/mol. The number of carbonyl (C=O) groups excluding carboxylic acids is 1. The van der Waals surface area contributed by atoms with Gasteiger partial charge in [-0.3, -0.25) is 14.2 Å². The summed E-state index contributed by atoms with van der Waals surface area (Å²) in [6.45, 7) is 5.16. The number of carbonyl (C=O) groups is 1. The number of aromatic nitrogens is 1. The molecule has 1 aliphatic rings. The van der Waals surface area contributed by atoms with Gasteiger partial charge in [-0.25, -0.2) is 0 Å². The van der Waals surface area contributed by atoms with Crippen LogP contribution in [0.2, 0.25) is 0 Å². The lowest BCUT2D eigenvalue weighted by Gasteiger charge is -2.31. The first-order valence-electron chi connectivity index (χ1n) is 7.87. The lowest BCUT2D eigenvalue weighted by atomic mass is 9.97. The maximum absolute atomic E-state index is 12.7. The van der Waals surface area contributed by atoms with E-state index >= 15 is 0 Å². The molecule has 0 saturated carbocycles. The van der Waals surface area contributed by atoms with Crippen molar-refractivity contribution in [3.63, 3.8) is 0 Å². The van der Waals surface area contributed by atoms with Gasteiger partial charge in [0.1, 0.15) is 11.4 Å². The van der Waals surface area contributed by atoms with Crippen LogP contribution in [0.3, 0.4) is 0 Å². The molecule has 26 heavy (non-hydrogen) atoms. The third kappa shape index (κ3) is 3.41. The highest BCUT2D eigenvalue weighted by Gasteiger charge is 2.28. The number of ether oxygens (including phenoxy) is 1. The van der Waals surface area contributed by atoms with Gasteiger partial charge in [0.25, 0.3) is 5.56 Å². The van der Waals surface area contributed by atoms with E-state index in [1.807, 2.05) is 19.9 Å². The molecule has 0 radical (unpaired) electrons. The van der Waals surface area contributed by atoms with Crippen LogP contribution in [0, 0.1) is 11.3 Å². The summed E-state index contributed by atoms with van der Waals surface area (Å²) < 4.78 is 7.71. The van der Waals surface area contributed by atoms with Crippen molar-refractivity contribution >= 4 is 33.2 Å². The molecule has 0 unspecified atom stereocenters. The number of fused-ring (bicyclic) bond motifs is 1. The SMILES string of the molecule is CC(=O)Nc1cc(Br)c(=O)n(C2=CC(C)(C)Oc3ccc(C#N)cc32)c1. The molecular weight excluding hydrogens is 398 g/mol. The molecule has 1 N–H and O–H groups in total. The molecule has 1 aromatic carbocycles. The molecule has 0 aliphatic carbocycles. The lowest BCUT2D eigenvalue weighted by Crippen LogP contribution is -2.32. The van der Waals surface area contributed by atoms with Crippen LogP contribution in [0.15, 0.2) is 45.8 Å². The Kier molecular flexibility index (Phi) is 4.46. The average molecular weight is 414 g/mol. The van der Waals surface area contributed by atoms with Gasteiger partial charge in [0, 0.05) is 18.7 Å². The zero-order chi connectivity index (χ0) is 19.1. The fourth-order valence-corrected chi connectivity index (χ4v) is 3.24. The highest BCUT2D eigenvalue weighted by Crippen LogP contribution is 2.37. The summed E-state index contributed by atoms with van der Waals surface area (Å²) >= 11 is 3.25. The smallest absolute Gasteiger partial charge is 0.269 e. The molecule has 0 saturated heterocycles. The van der Waals surface area contributed by atoms with E-state index in [0.717, 1.165) is 0 Å². The third-order valence-electron chi connectivity index (χ3n) is 3.80. The first kappa shape index (κ1) is 18.0. The minimum Gasteiger partial charge on any atom is -0.483 e. The molecule has 0 atom stereocenters. The minimum absolute atomic E-state index is 0.240. The van der Waals surface area contributed by atoms with Gasteiger partial charge in [0.2, 0.25) is 5.91 Å². The Morgan fingerprint density at radius 1 is 1.35 bits per heavy atom. The molecule has 0 bridgehead atoms. The van der Waals surface area contributed by atoms with E-state index < -0.39 is 5.60 Å². The molecule has 0 fully saturated rings. The van der Waals surface area contributed by atoms with Gasteiger partial charge < -0.3 is 10.1 Å². The molecule has 2 aromatic rings. The summed E-state index contributed by atoms with van der Waals surface area (Å²) in [6, 6.07) is 8.73. The summed E-state index contributed by atoms with van der Waals surface area (Å²) in [5.41, 5.74) is 1.24. The average Bonchev–Trinajstić information content (AvgIpc) is 2.55. The number of nitrogens with zero attached hydrogens (tertiary/aromatic N) is 2. The standard InChI is InChI=1S/C19H16BrN3O3/c1-11(24)22-13-7-15(20)18(25)23(10-13)16-8-19(2,3)26-17-5-4-12(9-21)6-14(16)17/h4-8,10H,1-3H3,(H,22,24). The van der Waals surface area contributed by atoms with Gasteiger partial charge in [-0.1, -0.05) is 0 Å². The molecule has 1 amide bonds. The molecule has 1 aromatic heterocycles. The summed E-state index contributed by atoms with van der Waals surface area (Å²) in [5, 5.41) is 11.9. The number of hydrogen-bond donors (Lipinski definition) is 1. The zero-order valence-electron chi connectivity index (χ0n) is 14.5. The van der Waals surface area contributed by atoms with Gasteiger partial charge in [-0.15, -0.1) is 0 Å². The number of nitrogens with one attached hydrogen (secondary N) is 1. The molecule has 1 aliphatic heterocycles. The number of anilines is 1. The van der Waals surface area contributed by atoms with Crippen molar-refractivity contribution in [1.82, 2.24) is 4.57 Å². The van der Waals surface area contributed by atoms with Gasteiger partial charge in [-0.05, 0) is 60.1 Å². The number of halogens is 1. The molecule has 3 rings (SSSR count). The van der Waals surface area contributed by atoms with E-state index in [0.29, 0.717) is 32.7 Å². The largest absolute Gasteiger partial charge is 0.483 e. The molecular formula is C19H16BrN3O3. The van der Waals surface area contributed by atoms with Crippen LogP contribution in [-0.2, 0) is 4.79 Å². The highest BCUT2D eigenvalue weighted by molar-refractivity contribution is 9.10. The summed E-state index contributed by atoms with van der Waals surface area (Å²) in [6.07, 6.45) is 3.38. The number of pyridine rings is 1. The molecule has 132 valence electrons. The van der Waals surface area contributed by atoms with E-state index in [4.69, 9.17) is 4.74 Å². The Morgan fingerprint density at radius 2 is 2.08 bits per heavy atom. The van der Waals surface area contributed by atoms with Crippen molar-refractivity contribution in [2.45, 2.75) is 26.4 Å². The maximum Gasteiger partial charge on any atom is 0.269 e. The second-order valence-corrected chi connectivity index (χ2v) is 7.35. The van der Waals surface area contributed by atoms with Crippen molar-refractivity contribution < 1.29 is 9.53 Å². The monoisotopic (exact) mass is 413 g/mol. The second-order valence-electron chi connectivity index (χ2n) is 6.49. The first-order chi connectivity index (χ1) is 12.2. The van der Waals surface area contributed by atoms with E-state index in [-0.39, 0.29) is 11.5 Å². The van der Waals surface area contributed by atoms with Crippen molar-refractivity contribution in [2.24, 2.45) is 0 Å². The fourth-order valence-electron chi connectivity index (χ4n) is 2.81. The molecule has 2 heterocycles. The van der Waals surface area contributed by atoms with Crippen LogP contribution < -0.4 is 15.6 Å². The first-order valence-corrected chi connectivity index (χ1v) is 8.66. The normalized spacial score (nSPS) is 14.5. The van der Waals surface area contributed by atoms with Crippen LogP contribution in [-0.4, -0.2) is 16.1 Å². The Balaban J connectivity index is 2.27. The number of nitriles is 1. The van der Waals surface area contributed by atoms with Crippen molar-refractivity contribution in [1.29, 1.82) is 5.26 Å². The zero-order valence-corrected chi connectivity index (χ0v) is 16.0. The number of rotatable bonds is 2. The Bertz CT molecular complexity index is 1040. The van der Waals surface area contributed by atoms with E-state index in [2.05, 4.69) is 27.3 Å². The topological polar surface area (TPSA) is 84.1 Å². The molecule has 6 nitrogen and oxygen atoms in total. The van der Waals surface area contributed by atoms with E-state index in [1.165, 1.54) is 11.5 Å². The molecule has 7 heteroatoms. The third-order valence-corrected chi connectivity index (χ3v) is 4.36. The van der Waals surface area contributed by atoms with Crippen LogP contribution in [0.5, 0.6) is 5.75 Å². The van der Waals surface area contributed by atoms with Crippen molar-refractivity contribution in [3.05, 3.63) is 62.5 Å². The van der Waals surface area contributed by atoms with Gasteiger partial charge in [0.15, 0.2) is 0 Å². The van der Waals surface area contributed by atoms with Gasteiger partial charge >= 0.3 is 0 Å². The quantitative estimate of drug-likeness (QED) is 0.816. The van der Waals surface area contributed by atoms with Crippen molar-refractivity contribution in [3.8, 4) is 11.8 Å². The number of hydrogen-bond acceptors (Lipinski definition) is 4. The predicted octanol–water partition coefficient (Wildman–Crippen LogP) is 3.50. The molecule has 0 spiro atoms. The number of amides is 1. The van der Waals surface area contributed by atoms with Crippen molar-refractivity contribution in [2.75, 3.05) is 5.32 Å². The highest BCUT2D eigenvalue weighted by atomic mass is 79.9. The van der Waals surface area contributed by atoms with Crippen LogP contribution in [0.25, 0.3) is 5.70 Å². The fraction of sp³-hybridized carbons (Fsp3) is 0.211. The van der Waals surface area contributed by atoms with Crippen LogP contribution in [0.1, 0.15) is 31.9 Å².